The lowest BCUT2D eigenvalue weighted by Crippen LogP contribution is -2.38. The topological polar surface area (TPSA) is 64.6 Å². The Bertz CT molecular complexity index is 851. The van der Waals surface area contributed by atoms with Crippen molar-refractivity contribution in [3.63, 3.8) is 0 Å². The number of ether oxygens (including phenoxy) is 2. The van der Waals surface area contributed by atoms with Crippen LogP contribution >= 0.6 is 0 Å². The maximum absolute atomic E-state index is 12.7. The summed E-state index contributed by atoms with van der Waals surface area (Å²) < 4.78 is 10.7. The van der Waals surface area contributed by atoms with Crippen molar-refractivity contribution in [3.05, 3.63) is 59.2 Å². The molecular weight excluding hydrogens is 330 g/mol. The fraction of sp³-hybridized carbons (Fsp3) is 0.333. The number of esters is 1. The molecule has 5 heteroatoms. The second-order valence-corrected chi connectivity index (χ2v) is 7.41. The zero-order chi connectivity index (χ0) is 18.9. The Labute approximate surface area is 153 Å². The molecule has 1 heterocycles. The zero-order valence-electron chi connectivity index (χ0n) is 15.5. The van der Waals surface area contributed by atoms with Gasteiger partial charge in [-0.25, -0.2) is 4.79 Å². The van der Waals surface area contributed by atoms with Crippen molar-refractivity contribution in [2.45, 2.75) is 38.7 Å². The van der Waals surface area contributed by atoms with Crippen LogP contribution in [0.2, 0.25) is 0 Å². The van der Waals surface area contributed by atoms with Gasteiger partial charge in [0.2, 0.25) is 0 Å². The highest BCUT2D eigenvalue weighted by molar-refractivity contribution is 6.00. The lowest BCUT2D eigenvalue weighted by atomic mass is 9.87. The molecule has 1 atom stereocenters. The summed E-state index contributed by atoms with van der Waals surface area (Å²) in [6.07, 6.45) is -0.505. The normalized spacial score (nSPS) is 16.5. The number of hydrogen-bond donors (Lipinski definition) is 1. The van der Waals surface area contributed by atoms with Crippen LogP contribution in [0.3, 0.4) is 0 Å². The van der Waals surface area contributed by atoms with E-state index in [1.807, 2.05) is 30.3 Å². The van der Waals surface area contributed by atoms with Gasteiger partial charge < -0.3 is 14.8 Å². The lowest BCUT2D eigenvalue weighted by Gasteiger charge is -2.25. The number of carbonyl (C=O) groups excluding carboxylic acids is 2. The van der Waals surface area contributed by atoms with Crippen molar-refractivity contribution in [2.75, 3.05) is 12.4 Å². The van der Waals surface area contributed by atoms with Crippen LogP contribution in [0.1, 0.15) is 42.3 Å². The molecule has 1 aliphatic rings. The zero-order valence-corrected chi connectivity index (χ0v) is 15.5. The SMILES string of the molecule is COc1ccc(C(C)(C)C)cc1NC(=O)C1Cc2ccccc2C(=O)O1. The third-order valence-electron chi connectivity index (χ3n) is 4.51. The van der Waals surface area contributed by atoms with Gasteiger partial charge in [0.25, 0.3) is 5.91 Å². The molecule has 3 rings (SSSR count). The number of amides is 1. The maximum Gasteiger partial charge on any atom is 0.339 e. The third-order valence-corrected chi connectivity index (χ3v) is 4.51. The van der Waals surface area contributed by atoms with Gasteiger partial charge in [-0.2, -0.15) is 0 Å². The van der Waals surface area contributed by atoms with Crippen LogP contribution in [0.15, 0.2) is 42.5 Å². The molecular formula is C21H23NO4. The van der Waals surface area contributed by atoms with E-state index in [1.165, 1.54) is 0 Å². The molecule has 26 heavy (non-hydrogen) atoms. The Hall–Kier alpha value is -2.82. The quantitative estimate of drug-likeness (QED) is 0.855. The minimum Gasteiger partial charge on any atom is -0.495 e. The van der Waals surface area contributed by atoms with E-state index in [4.69, 9.17) is 9.47 Å². The summed E-state index contributed by atoms with van der Waals surface area (Å²) in [6.45, 7) is 6.29. The minimum atomic E-state index is -0.861. The van der Waals surface area contributed by atoms with Gasteiger partial charge in [0.1, 0.15) is 5.75 Å². The smallest absolute Gasteiger partial charge is 0.339 e. The van der Waals surface area contributed by atoms with Crippen LogP contribution in [0.4, 0.5) is 5.69 Å². The van der Waals surface area contributed by atoms with Crippen molar-refractivity contribution >= 4 is 17.6 Å². The highest BCUT2D eigenvalue weighted by atomic mass is 16.5. The second kappa shape index (κ2) is 6.83. The van der Waals surface area contributed by atoms with E-state index >= 15 is 0 Å². The van der Waals surface area contributed by atoms with Gasteiger partial charge in [-0.05, 0) is 34.7 Å². The number of carbonyl (C=O) groups is 2. The van der Waals surface area contributed by atoms with E-state index in [-0.39, 0.29) is 11.3 Å². The second-order valence-electron chi connectivity index (χ2n) is 7.41. The molecule has 1 unspecified atom stereocenters. The molecule has 2 aromatic rings. The maximum atomic E-state index is 12.7. The monoisotopic (exact) mass is 353 g/mol. The van der Waals surface area contributed by atoms with Gasteiger partial charge in [0.15, 0.2) is 6.10 Å². The molecule has 1 N–H and O–H groups in total. The summed E-state index contributed by atoms with van der Waals surface area (Å²) >= 11 is 0. The van der Waals surface area contributed by atoms with Gasteiger partial charge in [0.05, 0.1) is 18.4 Å². The number of cyclic esters (lactones) is 1. The number of nitrogens with one attached hydrogen (secondary N) is 1. The van der Waals surface area contributed by atoms with Gasteiger partial charge in [-0.3, -0.25) is 4.79 Å². The van der Waals surface area contributed by atoms with E-state index in [2.05, 4.69) is 26.1 Å². The molecule has 0 saturated heterocycles. The molecule has 1 amide bonds. The summed E-state index contributed by atoms with van der Waals surface area (Å²) in [6, 6.07) is 12.9. The average Bonchev–Trinajstić information content (AvgIpc) is 2.60. The summed E-state index contributed by atoms with van der Waals surface area (Å²) in [4.78, 5) is 24.8. The molecule has 0 aliphatic carbocycles. The van der Waals surface area contributed by atoms with E-state index in [0.717, 1.165) is 11.1 Å². The first-order valence-electron chi connectivity index (χ1n) is 8.58. The van der Waals surface area contributed by atoms with Crippen LogP contribution in [0.5, 0.6) is 5.75 Å². The summed E-state index contributed by atoms with van der Waals surface area (Å²) in [5, 5.41) is 2.85. The first-order chi connectivity index (χ1) is 12.3. The van der Waals surface area contributed by atoms with Crippen LogP contribution in [0, 0.1) is 0 Å². The van der Waals surface area contributed by atoms with E-state index < -0.39 is 12.1 Å². The van der Waals surface area contributed by atoms with Crippen LogP contribution < -0.4 is 10.1 Å². The van der Waals surface area contributed by atoms with Gasteiger partial charge >= 0.3 is 5.97 Å². The van der Waals surface area contributed by atoms with E-state index in [0.29, 0.717) is 23.4 Å². The Balaban J connectivity index is 1.83. The molecule has 2 aromatic carbocycles. The largest absolute Gasteiger partial charge is 0.495 e. The summed E-state index contributed by atoms with van der Waals surface area (Å²) in [7, 11) is 1.55. The summed E-state index contributed by atoms with van der Waals surface area (Å²) in [5.41, 5.74) is 2.91. The highest BCUT2D eigenvalue weighted by Crippen LogP contribution is 2.32. The van der Waals surface area contributed by atoms with E-state index in [1.54, 1.807) is 19.2 Å². The molecule has 0 radical (unpaired) electrons. The first-order valence-corrected chi connectivity index (χ1v) is 8.58. The predicted octanol–water partition coefficient (Wildman–Crippen LogP) is 3.71. The van der Waals surface area contributed by atoms with Crippen molar-refractivity contribution in [1.82, 2.24) is 0 Å². The number of methoxy groups -OCH3 is 1. The van der Waals surface area contributed by atoms with Crippen LogP contribution in [0.25, 0.3) is 0 Å². The van der Waals surface area contributed by atoms with Crippen molar-refractivity contribution in [1.29, 1.82) is 0 Å². The molecule has 136 valence electrons. The Morgan fingerprint density at radius 3 is 2.62 bits per heavy atom. The number of fused-ring (bicyclic) bond motifs is 1. The highest BCUT2D eigenvalue weighted by Gasteiger charge is 2.31. The Morgan fingerprint density at radius 2 is 1.92 bits per heavy atom. The first kappa shape index (κ1) is 18.0. The lowest BCUT2D eigenvalue weighted by molar-refractivity contribution is -0.125. The molecule has 1 aliphatic heterocycles. The van der Waals surface area contributed by atoms with E-state index in [9.17, 15) is 9.59 Å². The molecule has 5 nitrogen and oxygen atoms in total. The predicted molar refractivity (Wildman–Crippen MR) is 99.7 cm³/mol. The summed E-state index contributed by atoms with van der Waals surface area (Å²) in [5.74, 6) is -0.270. The fourth-order valence-electron chi connectivity index (χ4n) is 2.96. The molecule has 0 fully saturated rings. The van der Waals surface area contributed by atoms with Crippen LogP contribution in [-0.2, 0) is 21.4 Å². The molecule has 0 bridgehead atoms. The Morgan fingerprint density at radius 1 is 1.19 bits per heavy atom. The molecule has 0 saturated carbocycles. The fourth-order valence-corrected chi connectivity index (χ4v) is 2.96. The molecule has 0 spiro atoms. The van der Waals surface area contributed by atoms with Crippen molar-refractivity contribution in [2.24, 2.45) is 0 Å². The Kier molecular flexibility index (Phi) is 4.72. The number of rotatable bonds is 3. The standard InChI is InChI=1S/C21H23NO4/c1-21(2,3)14-9-10-17(25-4)16(12-14)22-19(23)18-11-13-7-5-6-8-15(13)20(24)26-18/h5-10,12,18H,11H2,1-4H3,(H,22,23). The van der Waals surface area contributed by atoms with Gasteiger partial charge in [0, 0.05) is 6.42 Å². The van der Waals surface area contributed by atoms with Gasteiger partial charge in [-0.15, -0.1) is 0 Å². The number of anilines is 1. The number of benzene rings is 2. The van der Waals surface area contributed by atoms with Gasteiger partial charge in [-0.1, -0.05) is 45.0 Å². The van der Waals surface area contributed by atoms with Crippen molar-refractivity contribution in [3.8, 4) is 5.75 Å². The molecule has 0 aromatic heterocycles. The number of hydrogen-bond acceptors (Lipinski definition) is 4. The minimum absolute atomic E-state index is 0.0675. The van der Waals surface area contributed by atoms with Crippen LogP contribution in [-0.4, -0.2) is 25.1 Å². The average molecular weight is 353 g/mol. The van der Waals surface area contributed by atoms with Crippen molar-refractivity contribution < 1.29 is 19.1 Å². The third kappa shape index (κ3) is 3.57.